The van der Waals surface area contributed by atoms with Gasteiger partial charge in [0.2, 0.25) is 0 Å². The van der Waals surface area contributed by atoms with Gasteiger partial charge in [0.15, 0.2) is 6.29 Å². The number of nitrogens with zero attached hydrogens (tertiary/aromatic N) is 3. The molecule has 4 N–H and O–H groups in total. The highest BCUT2D eigenvalue weighted by Crippen LogP contribution is 2.33. The topological polar surface area (TPSA) is 101 Å². The summed E-state index contributed by atoms with van der Waals surface area (Å²) < 4.78 is 13.4. The standard InChI is InChI=1S/C33H45FN4O3/c1-5-25(3)12-9-11-20-35-22-23-38(6-2)33(41)28-16-19-30(37-26(4)27-14-17-29(34)18-15-27)31(24-28)36-21-10-7-8-13-32(39)40/h9,11-12,14-21,24,32-33,35,39-41H,3,5-8,10,13,22-23H2,1-2,4H3/b12-9-,20-11+,36-21?,37-26?. The Bertz CT molecular complexity index is 1190. The molecule has 2 rings (SSSR count). The highest BCUT2D eigenvalue weighted by atomic mass is 19.1. The van der Waals surface area contributed by atoms with Gasteiger partial charge in [0.25, 0.3) is 0 Å². The number of hydrogen-bond donors (Lipinski definition) is 4. The number of nitrogens with one attached hydrogen (secondary N) is 1. The van der Waals surface area contributed by atoms with Crippen LogP contribution in [0.2, 0.25) is 0 Å². The van der Waals surface area contributed by atoms with Crippen LogP contribution >= 0.6 is 0 Å². The second-order valence-electron chi connectivity index (χ2n) is 9.72. The molecule has 0 spiro atoms. The number of aliphatic imine (C=N–C) groups is 2. The molecule has 0 aliphatic carbocycles. The lowest BCUT2D eigenvalue weighted by molar-refractivity contribution is -0.0464. The number of benzene rings is 2. The van der Waals surface area contributed by atoms with E-state index in [2.05, 4.69) is 23.8 Å². The van der Waals surface area contributed by atoms with Crippen LogP contribution in [0.15, 0.2) is 89.0 Å². The molecule has 41 heavy (non-hydrogen) atoms. The van der Waals surface area contributed by atoms with Crippen molar-refractivity contribution in [1.82, 2.24) is 10.2 Å². The van der Waals surface area contributed by atoms with E-state index in [1.165, 1.54) is 12.1 Å². The van der Waals surface area contributed by atoms with Gasteiger partial charge >= 0.3 is 0 Å². The fraction of sp³-hybridized carbons (Fsp3) is 0.394. The number of aliphatic hydroxyl groups excluding tert-OH is 2. The van der Waals surface area contributed by atoms with Crippen molar-refractivity contribution < 1.29 is 19.7 Å². The van der Waals surface area contributed by atoms with Crippen molar-refractivity contribution in [3.8, 4) is 0 Å². The van der Waals surface area contributed by atoms with Gasteiger partial charge in [-0.25, -0.2) is 4.39 Å². The predicted octanol–water partition coefficient (Wildman–Crippen LogP) is 6.48. The molecule has 1 atom stereocenters. The molecule has 0 heterocycles. The number of halogens is 1. The molecule has 0 saturated carbocycles. The first-order chi connectivity index (χ1) is 19.7. The van der Waals surface area contributed by atoms with E-state index < -0.39 is 12.5 Å². The molecule has 0 aliphatic heterocycles. The van der Waals surface area contributed by atoms with E-state index in [-0.39, 0.29) is 5.82 Å². The minimum absolute atomic E-state index is 0.305. The Hall–Kier alpha value is -3.43. The first-order valence-electron chi connectivity index (χ1n) is 14.3. The molecule has 0 bridgehead atoms. The summed E-state index contributed by atoms with van der Waals surface area (Å²) in [4.78, 5) is 11.4. The third-order valence-corrected chi connectivity index (χ3v) is 6.53. The van der Waals surface area contributed by atoms with Crippen LogP contribution in [0.5, 0.6) is 0 Å². The van der Waals surface area contributed by atoms with E-state index >= 15 is 0 Å². The van der Waals surface area contributed by atoms with Crippen molar-refractivity contribution in [2.24, 2.45) is 9.98 Å². The number of allylic oxidation sites excluding steroid dienone is 4. The monoisotopic (exact) mass is 564 g/mol. The van der Waals surface area contributed by atoms with Gasteiger partial charge in [0.1, 0.15) is 12.0 Å². The molecule has 2 aromatic rings. The lowest BCUT2D eigenvalue weighted by Crippen LogP contribution is -2.34. The van der Waals surface area contributed by atoms with Crippen molar-refractivity contribution in [2.45, 2.75) is 65.4 Å². The van der Waals surface area contributed by atoms with Gasteiger partial charge < -0.3 is 20.6 Å². The molecule has 7 nitrogen and oxygen atoms in total. The zero-order valence-electron chi connectivity index (χ0n) is 24.5. The number of likely N-dealkylation sites (N-methyl/N-ethyl adjacent to an activating group) is 1. The molecule has 0 amide bonds. The SMILES string of the molecule is C=C(/C=C\C=C\NCCN(CC)C(O)c1ccc(N=C(C)c2ccc(F)cc2)c(N=CCCCCC(O)O)c1)CC. The molecular weight excluding hydrogens is 519 g/mol. The highest BCUT2D eigenvalue weighted by Gasteiger charge is 2.17. The number of rotatable bonds is 18. The van der Waals surface area contributed by atoms with Gasteiger partial charge in [-0.05, 0) is 93.2 Å². The largest absolute Gasteiger partial charge is 0.390 e. The second kappa shape index (κ2) is 18.8. The summed E-state index contributed by atoms with van der Waals surface area (Å²) in [6.07, 6.45) is 10.8. The van der Waals surface area contributed by atoms with Crippen LogP contribution < -0.4 is 5.32 Å². The number of hydrogen-bond acceptors (Lipinski definition) is 7. The van der Waals surface area contributed by atoms with Crippen LogP contribution in [0.25, 0.3) is 0 Å². The van der Waals surface area contributed by atoms with Gasteiger partial charge in [-0.1, -0.05) is 56.4 Å². The van der Waals surface area contributed by atoms with E-state index in [4.69, 9.17) is 15.2 Å². The highest BCUT2D eigenvalue weighted by molar-refractivity contribution is 6.00. The first kappa shape index (κ1) is 33.8. The Morgan fingerprint density at radius 1 is 1.05 bits per heavy atom. The van der Waals surface area contributed by atoms with Crippen LogP contribution in [-0.4, -0.2) is 58.1 Å². The lowest BCUT2D eigenvalue weighted by Gasteiger charge is -2.27. The first-order valence-corrected chi connectivity index (χ1v) is 14.3. The lowest BCUT2D eigenvalue weighted by atomic mass is 10.1. The van der Waals surface area contributed by atoms with Gasteiger partial charge in [-0.15, -0.1) is 0 Å². The summed E-state index contributed by atoms with van der Waals surface area (Å²) in [6, 6.07) is 11.7. The summed E-state index contributed by atoms with van der Waals surface area (Å²) in [6.45, 7) is 11.8. The quantitative estimate of drug-likeness (QED) is 0.0719. The number of aliphatic hydroxyl groups is 3. The van der Waals surface area contributed by atoms with Crippen molar-refractivity contribution in [3.05, 3.63) is 96.0 Å². The van der Waals surface area contributed by atoms with E-state index in [1.54, 1.807) is 18.3 Å². The van der Waals surface area contributed by atoms with E-state index in [0.717, 1.165) is 29.7 Å². The molecule has 0 aromatic heterocycles. The number of unbranched alkanes of at least 4 members (excludes halogenated alkanes) is 2. The Morgan fingerprint density at radius 2 is 1.80 bits per heavy atom. The van der Waals surface area contributed by atoms with Gasteiger partial charge in [-0.3, -0.25) is 14.9 Å². The van der Waals surface area contributed by atoms with Gasteiger partial charge in [0.05, 0.1) is 11.4 Å². The van der Waals surface area contributed by atoms with Crippen molar-refractivity contribution in [1.29, 1.82) is 0 Å². The molecule has 0 aliphatic rings. The maximum Gasteiger partial charge on any atom is 0.151 e. The van der Waals surface area contributed by atoms with Crippen LogP contribution in [0, 0.1) is 5.82 Å². The molecule has 2 aromatic carbocycles. The molecular formula is C33H45FN4O3. The minimum atomic E-state index is -1.30. The average Bonchev–Trinajstić information content (AvgIpc) is 2.96. The fourth-order valence-corrected chi connectivity index (χ4v) is 3.95. The van der Waals surface area contributed by atoms with Crippen LogP contribution in [0.4, 0.5) is 15.8 Å². The predicted molar refractivity (Wildman–Crippen MR) is 167 cm³/mol. The summed E-state index contributed by atoms with van der Waals surface area (Å²) in [7, 11) is 0. The smallest absolute Gasteiger partial charge is 0.151 e. The molecule has 1 unspecified atom stereocenters. The van der Waals surface area contributed by atoms with Crippen molar-refractivity contribution in [3.63, 3.8) is 0 Å². The Morgan fingerprint density at radius 3 is 2.49 bits per heavy atom. The molecule has 222 valence electrons. The Labute approximate surface area is 244 Å². The summed E-state index contributed by atoms with van der Waals surface area (Å²) in [5, 5.41) is 32.5. The third-order valence-electron chi connectivity index (χ3n) is 6.53. The van der Waals surface area contributed by atoms with E-state index in [1.807, 2.05) is 61.4 Å². The van der Waals surface area contributed by atoms with E-state index in [0.29, 0.717) is 55.8 Å². The van der Waals surface area contributed by atoms with Crippen LogP contribution in [-0.2, 0) is 0 Å². The normalized spacial score (nSPS) is 13.3. The average molecular weight is 565 g/mol. The molecule has 0 radical (unpaired) electrons. The maximum atomic E-state index is 13.4. The molecule has 0 fully saturated rings. The second-order valence-corrected chi connectivity index (χ2v) is 9.72. The molecule has 0 saturated heterocycles. The molecule has 8 heteroatoms. The maximum absolute atomic E-state index is 13.4. The minimum Gasteiger partial charge on any atom is -0.390 e. The van der Waals surface area contributed by atoms with Gasteiger partial charge in [-0.2, -0.15) is 0 Å². The summed E-state index contributed by atoms with van der Waals surface area (Å²) in [5.74, 6) is -0.305. The van der Waals surface area contributed by atoms with Gasteiger partial charge in [0, 0.05) is 25.0 Å². The fourth-order valence-electron chi connectivity index (χ4n) is 3.95. The Kier molecular flexibility index (Phi) is 15.5. The Balaban J connectivity index is 2.17. The van der Waals surface area contributed by atoms with Crippen LogP contribution in [0.1, 0.15) is 70.2 Å². The third kappa shape index (κ3) is 12.7. The summed E-state index contributed by atoms with van der Waals surface area (Å²) >= 11 is 0. The van der Waals surface area contributed by atoms with Crippen molar-refractivity contribution in [2.75, 3.05) is 19.6 Å². The zero-order chi connectivity index (χ0) is 30.0. The summed E-state index contributed by atoms with van der Waals surface area (Å²) in [5.41, 5.74) is 4.55. The van der Waals surface area contributed by atoms with E-state index in [9.17, 15) is 9.50 Å². The zero-order valence-corrected chi connectivity index (χ0v) is 24.5. The van der Waals surface area contributed by atoms with Crippen LogP contribution in [0.3, 0.4) is 0 Å². The van der Waals surface area contributed by atoms with Crippen molar-refractivity contribution >= 4 is 23.3 Å².